The Morgan fingerprint density at radius 2 is 1.74 bits per heavy atom. The summed E-state index contributed by atoms with van der Waals surface area (Å²) in [7, 11) is -2.51. The van der Waals surface area contributed by atoms with Crippen molar-refractivity contribution >= 4 is 21.8 Å². The van der Waals surface area contributed by atoms with Gasteiger partial charge in [0, 0.05) is 11.6 Å². The van der Waals surface area contributed by atoms with E-state index in [4.69, 9.17) is 14.2 Å². The maximum Gasteiger partial charge on any atom is 0.338 e. The number of hydrogen-bond acceptors (Lipinski definition) is 7. The number of rotatable bonds is 10. The smallest absolute Gasteiger partial charge is 0.338 e. The second kappa shape index (κ2) is 9.49. The lowest BCUT2D eigenvalue weighted by molar-refractivity contribution is 0.0318. The summed E-state index contributed by atoms with van der Waals surface area (Å²) in [6.45, 7) is 3.84. The number of ketones is 1. The minimum atomic E-state index is -3.85. The van der Waals surface area contributed by atoms with Crippen LogP contribution in [0.2, 0.25) is 0 Å². The van der Waals surface area contributed by atoms with Gasteiger partial charge in [-0.15, -0.1) is 0 Å². The molecular formula is C22H25NO7S. The standard InChI is InChI=1S/C22H25NO7S/c1-4-29-18-10-5-15(6-11-18)21(24)14(2)30-22(25)16-7-12-19(28-3)20(13-16)31(26,27)23-17-8-9-17/h5-7,10-14,17,23H,4,8-9H2,1-3H3/t14-/m0/s1. The molecule has 3 rings (SSSR count). The predicted octanol–water partition coefficient (Wildman–Crippen LogP) is 2.96. The molecule has 1 fully saturated rings. The summed E-state index contributed by atoms with van der Waals surface area (Å²) in [5.74, 6) is -0.441. The molecule has 0 amide bonds. The molecule has 0 aromatic heterocycles. The quantitative estimate of drug-likeness (QED) is 0.441. The Hall–Kier alpha value is -2.91. The van der Waals surface area contributed by atoms with Crippen molar-refractivity contribution < 1.29 is 32.2 Å². The average Bonchev–Trinajstić information content (AvgIpc) is 3.56. The van der Waals surface area contributed by atoms with Crippen molar-refractivity contribution in [1.29, 1.82) is 0 Å². The number of nitrogens with one attached hydrogen (secondary N) is 1. The van der Waals surface area contributed by atoms with E-state index in [0.717, 1.165) is 12.8 Å². The molecule has 0 aliphatic heterocycles. The molecule has 0 bridgehead atoms. The minimum Gasteiger partial charge on any atom is -0.495 e. The van der Waals surface area contributed by atoms with Crippen molar-refractivity contribution in [2.45, 2.75) is 43.7 Å². The van der Waals surface area contributed by atoms with E-state index < -0.39 is 22.1 Å². The van der Waals surface area contributed by atoms with Crippen LogP contribution in [0, 0.1) is 0 Å². The molecule has 31 heavy (non-hydrogen) atoms. The summed E-state index contributed by atoms with van der Waals surface area (Å²) in [6.07, 6.45) is 0.486. The molecule has 0 unspecified atom stereocenters. The third-order valence-corrected chi connectivity index (χ3v) is 6.23. The summed E-state index contributed by atoms with van der Waals surface area (Å²) < 4.78 is 43.6. The van der Waals surface area contributed by atoms with Crippen LogP contribution >= 0.6 is 0 Å². The van der Waals surface area contributed by atoms with Crippen molar-refractivity contribution in [1.82, 2.24) is 4.72 Å². The van der Waals surface area contributed by atoms with Crippen molar-refractivity contribution in [3.8, 4) is 11.5 Å². The molecule has 2 aromatic rings. The molecule has 8 nitrogen and oxygen atoms in total. The van der Waals surface area contributed by atoms with E-state index in [1.165, 1.54) is 32.2 Å². The van der Waals surface area contributed by atoms with Crippen LogP contribution in [0.15, 0.2) is 47.4 Å². The number of carbonyl (C=O) groups excluding carboxylic acids is 2. The zero-order chi connectivity index (χ0) is 22.6. The highest BCUT2D eigenvalue weighted by atomic mass is 32.2. The largest absolute Gasteiger partial charge is 0.495 e. The highest BCUT2D eigenvalue weighted by Gasteiger charge is 2.31. The van der Waals surface area contributed by atoms with Crippen molar-refractivity contribution in [2.24, 2.45) is 0 Å². The van der Waals surface area contributed by atoms with Crippen LogP contribution in [0.25, 0.3) is 0 Å². The number of esters is 1. The summed E-state index contributed by atoms with van der Waals surface area (Å²) in [4.78, 5) is 25.0. The fourth-order valence-electron chi connectivity index (χ4n) is 2.90. The first-order valence-electron chi connectivity index (χ1n) is 9.93. The molecule has 1 atom stereocenters. The molecule has 0 heterocycles. The van der Waals surface area contributed by atoms with Gasteiger partial charge in [0.15, 0.2) is 6.10 Å². The zero-order valence-electron chi connectivity index (χ0n) is 17.6. The SMILES string of the molecule is CCOc1ccc(C(=O)[C@H](C)OC(=O)c2ccc(OC)c(S(=O)(=O)NC3CC3)c2)cc1. The number of benzene rings is 2. The van der Waals surface area contributed by atoms with E-state index in [2.05, 4.69) is 4.72 Å². The Morgan fingerprint density at radius 1 is 1.10 bits per heavy atom. The van der Waals surface area contributed by atoms with Crippen molar-refractivity contribution in [3.05, 3.63) is 53.6 Å². The van der Waals surface area contributed by atoms with Crippen LogP contribution in [0.3, 0.4) is 0 Å². The van der Waals surface area contributed by atoms with Gasteiger partial charge in [0.25, 0.3) is 0 Å². The summed E-state index contributed by atoms with van der Waals surface area (Å²) in [5, 5.41) is 0. The molecule has 1 aliphatic carbocycles. The van der Waals surface area contributed by atoms with Crippen molar-refractivity contribution in [2.75, 3.05) is 13.7 Å². The maximum absolute atomic E-state index is 12.6. The number of carbonyl (C=O) groups is 2. The van der Waals surface area contributed by atoms with E-state index in [0.29, 0.717) is 17.9 Å². The van der Waals surface area contributed by atoms with Gasteiger partial charge in [-0.2, -0.15) is 0 Å². The van der Waals surface area contributed by atoms with Gasteiger partial charge in [0.05, 0.1) is 19.3 Å². The van der Waals surface area contributed by atoms with Crippen LogP contribution in [-0.2, 0) is 14.8 Å². The average molecular weight is 448 g/mol. The topological polar surface area (TPSA) is 108 Å². The van der Waals surface area contributed by atoms with E-state index in [-0.39, 0.29) is 28.0 Å². The molecule has 9 heteroatoms. The predicted molar refractivity (Wildman–Crippen MR) is 113 cm³/mol. The number of ether oxygens (including phenoxy) is 3. The molecule has 1 N–H and O–H groups in total. The maximum atomic E-state index is 12.6. The monoisotopic (exact) mass is 447 g/mol. The van der Waals surface area contributed by atoms with E-state index in [1.54, 1.807) is 24.3 Å². The third kappa shape index (κ3) is 5.62. The molecule has 2 aromatic carbocycles. The molecular weight excluding hydrogens is 422 g/mol. The van der Waals surface area contributed by atoms with Gasteiger partial charge in [-0.05, 0) is 69.2 Å². The van der Waals surface area contributed by atoms with E-state index >= 15 is 0 Å². The number of hydrogen-bond donors (Lipinski definition) is 1. The van der Waals surface area contributed by atoms with Gasteiger partial charge in [-0.1, -0.05) is 0 Å². The number of methoxy groups -OCH3 is 1. The van der Waals surface area contributed by atoms with Crippen LogP contribution in [0.4, 0.5) is 0 Å². The van der Waals surface area contributed by atoms with Crippen molar-refractivity contribution in [3.63, 3.8) is 0 Å². The third-order valence-electron chi connectivity index (χ3n) is 4.69. The molecule has 166 valence electrons. The Labute approximate surface area is 181 Å². The first kappa shape index (κ1) is 22.8. The second-order valence-electron chi connectivity index (χ2n) is 7.13. The van der Waals surface area contributed by atoms with Crippen LogP contribution in [-0.4, -0.2) is 46.0 Å². The Bertz CT molecular complexity index is 1060. The number of Topliss-reactive ketones (excluding diaryl/α,β-unsaturated/α-hetero) is 1. The summed E-state index contributed by atoms with van der Waals surface area (Å²) in [6, 6.07) is 10.4. The lowest BCUT2D eigenvalue weighted by atomic mass is 10.1. The van der Waals surface area contributed by atoms with Gasteiger partial charge >= 0.3 is 5.97 Å². The normalized spacial score (nSPS) is 14.5. The summed E-state index contributed by atoms with van der Waals surface area (Å²) >= 11 is 0. The second-order valence-corrected chi connectivity index (χ2v) is 8.81. The van der Waals surface area contributed by atoms with Crippen LogP contribution in [0.5, 0.6) is 11.5 Å². The Morgan fingerprint density at radius 3 is 2.32 bits per heavy atom. The summed E-state index contributed by atoms with van der Waals surface area (Å²) in [5.41, 5.74) is 0.374. The Kier molecular flexibility index (Phi) is 6.97. The highest BCUT2D eigenvalue weighted by molar-refractivity contribution is 7.89. The van der Waals surface area contributed by atoms with E-state index in [1.807, 2.05) is 6.92 Å². The lowest BCUT2D eigenvalue weighted by Crippen LogP contribution is -2.27. The first-order valence-corrected chi connectivity index (χ1v) is 11.4. The lowest BCUT2D eigenvalue weighted by Gasteiger charge is -2.15. The zero-order valence-corrected chi connectivity index (χ0v) is 18.4. The molecule has 0 radical (unpaired) electrons. The van der Waals surface area contributed by atoms with Gasteiger partial charge in [0.2, 0.25) is 15.8 Å². The fraction of sp³-hybridized carbons (Fsp3) is 0.364. The number of sulfonamides is 1. The first-order chi connectivity index (χ1) is 14.7. The van der Waals surface area contributed by atoms with Gasteiger partial charge in [-0.25, -0.2) is 17.9 Å². The molecule has 1 aliphatic rings. The molecule has 1 saturated carbocycles. The van der Waals surface area contributed by atoms with Gasteiger partial charge in [-0.3, -0.25) is 4.79 Å². The Balaban J connectivity index is 1.74. The van der Waals surface area contributed by atoms with Gasteiger partial charge < -0.3 is 14.2 Å². The fourth-order valence-corrected chi connectivity index (χ4v) is 4.40. The van der Waals surface area contributed by atoms with E-state index in [9.17, 15) is 18.0 Å². The minimum absolute atomic E-state index is 0.00307. The van der Waals surface area contributed by atoms with Crippen LogP contribution in [0.1, 0.15) is 47.4 Å². The molecule has 0 saturated heterocycles. The van der Waals surface area contributed by atoms with Crippen LogP contribution < -0.4 is 14.2 Å². The molecule has 0 spiro atoms. The van der Waals surface area contributed by atoms with Gasteiger partial charge in [0.1, 0.15) is 16.4 Å². The highest BCUT2D eigenvalue weighted by Crippen LogP contribution is 2.28.